The molecule has 0 aliphatic heterocycles. The molecule has 1 aromatic carbocycles. The molecule has 28 heavy (non-hydrogen) atoms. The molecular weight excluding hydrogens is 356 g/mol. The maximum absolute atomic E-state index is 13.3. The van der Waals surface area contributed by atoms with Gasteiger partial charge in [-0.25, -0.2) is 4.79 Å². The van der Waals surface area contributed by atoms with E-state index >= 15 is 0 Å². The number of Topliss-reactive ketones (excluding diaryl/α,β-unsaturated/α-hetero) is 1. The van der Waals surface area contributed by atoms with Crippen molar-refractivity contribution in [3.8, 4) is 0 Å². The summed E-state index contributed by atoms with van der Waals surface area (Å²) >= 11 is 0. The molecule has 6 heteroatoms. The fourth-order valence-corrected chi connectivity index (χ4v) is 3.46. The van der Waals surface area contributed by atoms with Crippen molar-refractivity contribution in [2.24, 2.45) is 0 Å². The molecule has 1 atom stereocenters. The number of aromatic amines is 1. The Balaban J connectivity index is 2.41. The number of carbonyl (C=O) groups is 3. The van der Waals surface area contributed by atoms with Crippen molar-refractivity contribution in [1.29, 1.82) is 0 Å². The van der Waals surface area contributed by atoms with Crippen LogP contribution in [0.25, 0.3) is 0 Å². The van der Waals surface area contributed by atoms with Crippen molar-refractivity contribution in [2.75, 3.05) is 7.11 Å². The number of aryl methyl sites for hydroxylation is 2. The molecule has 150 valence electrons. The molecule has 0 aliphatic rings. The molecule has 2 rings (SSSR count). The Kier molecular flexibility index (Phi) is 6.44. The first-order valence-electron chi connectivity index (χ1n) is 9.31. The number of rotatable bonds is 6. The molecule has 1 N–H and O–H groups in total. The van der Waals surface area contributed by atoms with E-state index in [4.69, 9.17) is 4.74 Å². The summed E-state index contributed by atoms with van der Waals surface area (Å²) in [6.07, 6.45) is 0. The van der Waals surface area contributed by atoms with Crippen molar-refractivity contribution in [3.63, 3.8) is 0 Å². The quantitative estimate of drug-likeness (QED) is 0.606. The Hall–Kier alpha value is -2.89. The lowest BCUT2D eigenvalue weighted by molar-refractivity contribution is 0.0565. The van der Waals surface area contributed by atoms with E-state index in [9.17, 15) is 14.4 Å². The van der Waals surface area contributed by atoms with Gasteiger partial charge in [0, 0.05) is 22.9 Å². The van der Waals surface area contributed by atoms with Crippen molar-refractivity contribution in [3.05, 3.63) is 57.9 Å². The zero-order chi connectivity index (χ0) is 21.2. The van der Waals surface area contributed by atoms with Crippen LogP contribution in [0.15, 0.2) is 24.3 Å². The fraction of sp³-hybridized carbons (Fsp3) is 0.409. The zero-order valence-corrected chi connectivity index (χ0v) is 17.5. The van der Waals surface area contributed by atoms with E-state index in [0.29, 0.717) is 22.4 Å². The minimum atomic E-state index is -0.688. The van der Waals surface area contributed by atoms with Crippen LogP contribution in [-0.4, -0.2) is 46.7 Å². The van der Waals surface area contributed by atoms with Gasteiger partial charge in [0.05, 0.1) is 13.2 Å². The van der Waals surface area contributed by atoms with E-state index in [1.165, 1.54) is 7.11 Å². The third-order valence-corrected chi connectivity index (χ3v) is 4.96. The Morgan fingerprint density at radius 3 is 2.07 bits per heavy atom. The summed E-state index contributed by atoms with van der Waals surface area (Å²) in [5.41, 5.74) is 3.41. The summed E-state index contributed by atoms with van der Waals surface area (Å²) in [4.78, 5) is 42.8. The molecule has 0 saturated carbocycles. The van der Waals surface area contributed by atoms with E-state index in [1.54, 1.807) is 37.8 Å². The Bertz CT molecular complexity index is 894. The van der Waals surface area contributed by atoms with Crippen LogP contribution in [0, 0.1) is 20.8 Å². The SMILES string of the molecule is COC(=O)c1[nH]c(C)c(C(=O)[C@@H](C)N(C(=O)c2ccc(C)cc2)C(C)C)c1C. The summed E-state index contributed by atoms with van der Waals surface area (Å²) < 4.78 is 4.77. The Morgan fingerprint density at radius 2 is 1.57 bits per heavy atom. The van der Waals surface area contributed by atoms with Crippen LogP contribution >= 0.6 is 0 Å². The number of esters is 1. The van der Waals surface area contributed by atoms with Gasteiger partial charge in [0.2, 0.25) is 0 Å². The van der Waals surface area contributed by atoms with Gasteiger partial charge in [-0.2, -0.15) is 0 Å². The topological polar surface area (TPSA) is 79.5 Å². The second-order valence-electron chi connectivity index (χ2n) is 7.33. The maximum atomic E-state index is 13.3. The number of aromatic nitrogens is 1. The van der Waals surface area contributed by atoms with Gasteiger partial charge in [-0.1, -0.05) is 17.7 Å². The van der Waals surface area contributed by atoms with Gasteiger partial charge in [-0.15, -0.1) is 0 Å². The highest BCUT2D eigenvalue weighted by Gasteiger charge is 2.33. The number of benzene rings is 1. The van der Waals surface area contributed by atoms with E-state index in [-0.39, 0.29) is 23.4 Å². The predicted molar refractivity (Wildman–Crippen MR) is 108 cm³/mol. The van der Waals surface area contributed by atoms with Crippen LogP contribution in [0.2, 0.25) is 0 Å². The van der Waals surface area contributed by atoms with Crippen LogP contribution in [0.4, 0.5) is 0 Å². The largest absolute Gasteiger partial charge is 0.464 e. The normalized spacial score (nSPS) is 12.0. The van der Waals surface area contributed by atoms with Gasteiger partial charge in [-0.05, 0) is 59.2 Å². The van der Waals surface area contributed by atoms with Gasteiger partial charge >= 0.3 is 5.97 Å². The molecule has 2 aromatic rings. The number of carbonyl (C=O) groups excluding carboxylic acids is 3. The van der Waals surface area contributed by atoms with Crippen LogP contribution in [0.3, 0.4) is 0 Å². The summed E-state index contributed by atoms with van der Waals surface area (Å²) in [6, 6.07) is 6.43. The molecule has 1 aromatic heterocycles. The second-order valence-corrected chi connectivity index (χ2v) is 7.33. The summed E-state index contributed by atoms with van der Waals surface area (Å²) in [5.74, 6) is -0.936. The maximum Gasteiger partial charge on any atom is 0.354 e. The number of nitrogens with one attached hydrogen (secondary N) is 1. The third-order valence-electron chi connectivity index (χ3n) is 4.96. The highest BCUT2D eigenvalue weighted by Crippen LogP contribution is 2.23. The summed E-state index contributed by atoms with van der Waals surface area (Å²) in [7, 11) is 1.29. The average Bonchev–Trinajstić information content (AvgIpc) is 2.94. The van der Waals surface area contributed by atoms with E-state index in [1.807, 2.05) is 32.9 Å². The van der Waals surface area contributed by atoms with E-state index in [2.05, 4.69) is 4.98 Å². The molecule has 0 spiro atoms. The van der Waals surface area contributed by atoms with Gasteiger partial charge in [0.15, 0.2) is 5.78 Å². The van der Waals surface area contributed by atoms with Crippen molar-refractivity contribution < 1.29 is 19.1 Å². The van der Waals surface area contributed by atoms with Crippen molar-refractivity contribution in [2.45, 2.75) is 53.6 Å². The minimum Gasteiger partial charge on any atom is -0.464 e. The van der Waals surface area contributed by atoms with Crippen LogP contribution in [0.5, 0.6) is 0 Å². The number of H-pyrrole nitrogens is 1. The number of hydrogen-bond acceptors (Lipinski definition) is 4. The van der Waals surface area contributed by atoms with Gasteiger partial charge in [0.25, 0.3) is 5.91 Å². The summed E-state index contributed by atoms with van der Waals surface area (Å²) in [5, 5.41) is 0. The molecule has 0 aliphatic carbocycles. The summed E-state index contributed by atoms with van der Waals surface area (Å²) in [6.45, 7) is 10.9. The van der Waals surface area contributed by atoms with Gasteiger partial charge in [-0.3, -0.25) is 9.59 Å². The lowest BCUT2D eigenvalue weighted by atomic mass is 9.98. The molecule has 6 nitrogen and oxygen atoms in total. The lowest BCUT2D eigenvalue weighted by Crippen LogP contribution is -2.47. The number of methoxy groups -OCH3 is 1. The molecule has 1 heterocycles. The molecule has 0 radical (unpaired) electrons. The number of ether oxygens (including phenoxy) is 1. The van der Waals surface area contributed by atoms with E-state index in [0.717, 1.165) is 5.56 Å². The van der Waals surface area contributed by atoms with Crippen LogP contribution in [0.1, 0.15) is 68.8 Å². The number of hydrogen-bond donors (Lipinski definition) is 1. The van der Waals surface area contributed by atoms with Crippen LogP contribution < -0.4 is 0 Å². The first-order chi connectivity index (χ1) is 13.1. The number of amides is 1. The number of nitrogens with zero attached hydrogens (tertiary/aromatic N) is 1. The Morgan fingerprint density at radius 1 is 1.00 bits per heavy atom. The predicted octanol–water partition coefficient (Wildman–Crippen LogP) is 3.85. The monoisotopic (exact) mass is 384 g/mol. The third kappa shape index (κ3) is 4.01. The minimum absolute atomic E-state index is 0.174. The Labute approximate surface area is 165 Å². The molecule has 0 saturated heterocycles. The average molecular weight is 384 g/mol. The van der Waals surface area contributed by atoms with Gasteiger partial charge in [0.1, 0.15) is 5.69 Å². The van der Waals surface area contributed by atoms with E-state index < -0.39 is 12.0 Å². The highest BCUT2D eigenvalue weighted by atomic mass is 16.5. The molecule has 0 fully saturated rings. The molecule has 1 amide bonds. The molecule has 0 bridgehead atoms. The number of ketones is 1. The molecule has 0 unspecified atom stereocenters. The second kappa shape index (κ2) is 8.42. The fourth-order valence-electron chi connectivity index (χ4n) is 3.46. The lowest BCUT2D eigenvalue weighted by Gasteiger charge is -2.32. The smallest absolute Gasteiger partial charge is 0.354 e. The van der Waals surface area contributed by atoms with Crippen molar-refractivity contribution >= 4 is 17.7 Å². The zero-order valence-electron chi connectivity index (χ0n) is 17.5. The highest BCUT2D eigenvalue weighted by molar-refractivity contribution is 6.07. The first-order valence-corrected chi connectivity index (χ1v) is 9.31. The first kappa shape index (κ1) is 21.4. The molecular formula is C22H28N2O4. The standard InChI is InChI=1S/C22H28N2O4/c1-12(2)24(21(26)17-10-8-13(3)9-11-17)16(6)20(25)18-14(4)19(22(27)28-7)23-15(18)5/h8-12,16,23H,1-7H3/t16-/m1/s1. The van der Waals surface area contributed by atoms with Crippen LogP contribution in [-0.2, 0) is 4.74 Å². The van der Waals surface area contributed by atoms with Gasteiger partial charge < -0.3 is 14.6 Å². The van der Waals surface area contributed by atoms with Crippen molar-refractivity contribution in [1.82, 2.24) is 9.88 Å².